The van der Waals surface area contributed by atoms with E-state index in [2.05, 4.69) is 16.9 Å². The molecule has 1 fully saturated rings. The van der Waals surface area contributed by atoms with Crippen LogP contribution in [0.3, 0.4) is 0 Å². The third-order valence-corrected chi connectivity index (χ3v) is 4.59. The molecule has 26 heavy (non-hydrogen) atoms. The molecule has 0 bridgehead atoms. The fraction of sp³-hybridized carbons (Fsp3) is 0.500. The summed E-state index contributed by atoms with van der Waals surface area (Å²) < 4.78 is 11.3. The number of benzene rings is 1. The number of aliphatic hydroxyl groups excluding tert-OH is 1. The second-order valence-corrected chi connectivity index (χ2v) is 6.83. The van der Waals surface area contributed by atoms with Gasteiger partial charge in [-0.05, 0) is 43.0 Å². The molecule has 2 N–H and O–H groups in total. The van der Waals surface area contributed by atoms with Crippen molar-refractivity contribution in [2.75, 3.05) is 26.4 Å². The van der Waals surface area contributed by atoms with Crippen molar-refractivity contribution < 1.29 is 19.4 Å². The standard InChI is InChI=1S/C20H26N2O4/c1-2-10-20(19(24)21-13-15-4-5-15)14-26-18(22-20)16-6-8-17(9-7-16)25-12-3-11-23/h2,6-9,15,23H,1,3-5,10-14H2,(H,21,24)/t20-/m1/s1. The Morgan fingerprint density at radius 2 is 2.19 bits per heavy atom. The van der Waals surface area contributed by atoms with Crippen LogP contribution in [0.5, 0.6) is 5.75 Å². The monoisotopic (exact) mass is 358 g/mol. The van der Waals surface area contributed by atoms with Gasteiger partial charge in [0.2, 0.25) is 5.90 Å². The van der Waals surface area contributed by atoms with Crippen LogP contribution in [0.2, 0.25) is 0 Å². The number of nitrogens with one attached hydrogen (secondary N) is 1. The molecule has 1 aromatic carbocycles. The Kier molecular flexibility index (Phi) is 5.93. The van der Waals surface area contributed by atoms with E-state index in [-0.39, 0.29) is 19.1 Å². The highest BCUT2D eigenvalue weighted by atomic mass is 16.5. The van der Waals surface area contributed by atoms with Crippen LogP contribution in [0.1, 0.15) is 31.2 Å². The van der Waals surface area contributed by atoms with Crippen LogP contribution in [-0.4, -0.2) is 48.8 Å². The fourth-order valence-electron chi connectivity index (χ4n) is 2.82. The molecule has 6 nitrogen and oxygen atoms in total. The molecule has 1 atom stereocenters. The van der Waals surface area contributed by atoms with Gasteiger partial charge in [0.05, 0.1) is 6.61 Å². The molecular weight excluding hydrogens is 332 g/mol. The van der Waals surface area contributed by atoms with Crippen LogP contribution in [0, 0.1) is 5.92 Å². The van der Waals surface area contributed by atoms with Gasteiger partial charge in [-0.2, -0.15) is 0 Å². The van der Waals surface area contributed by atoms with Crippen molar-refractivity contribution in [1.29, 1.82) is 0 Å². The number of carbonyl (C=O) groups is 1. The molecule has 1 heterocycles. The molecule has 3 rings (SSSR count). The second-order valence-electron chi connectivity index (χ2n) is 6.83. The highest BCUT2D eigenvalue weighted by molar-refractivity contribution is 6.00. The Bertz CT molecular complexity index is 667. The molecule has 1 amide bonds. The summed E-state index contributed by atoms with van der Waals surface area (Å²) in [6.07, 6.45) is 5.12. The summed E-state index contributed by atoms with van der Waals surface area (Å²) in [5.41, 5.74) is -0.122. The number of amides is 1. The van der Waals surface area contributed by atoms with Crippen molar-refractivity contribution in [3.63, 3.8) is 0 Å². The van der Waals surface area contributed by atoms with Crippen molar-refractivity contribution in [1.82, 2.24) is 5.32 Å². The van der Waals surface area contributed by atoms with Gasteiger partial charge >= 0.3 is 0 Å². The average Bonchev–Trinajstić information content (AvgIpc) is 3.39. The van der Waals surface area contributed by atoms with Gasteiger partial charge in [0, 0.05) is 31.6 Å². The zero-order chi connectivity index (χ0) is 18.4. The molecule has 0 aromatic heterocycles. The number of rotatable bonds is 10. The van der Waals surface area contributed by atoms with Crippen molar-refractivity contribution in [3.8, 4) is 5.75 Å². The number of carbonyl (C=O) groups excluding carboxylic acids is 1. The Labute approximate surface area is 153 Å². The number of hydrogen-bond acceptors (Lipinski definition) is 5. The van der Waals surface area contributed by atoms with Gasteiger partial charge in [-0.25, -0.2) is 4.99 Å². The van der Waals surface area contributed by atoms with Crippen molar-refractivity contribution >= 4 is 11.8 Å². The van der Waals surface area contributed by atoms with Crippen molar-refractivity contribution in [2.45, 2.75) is 31.2 Å². The largest absolute Gasteiger partial charge is 0.494 e. The van der Waals surface area contributed by atoms with Gasteiger partial charge in [0.15, 0.2) is 5.54 Å². The molecule has 6 heteroatoms. The molecule has 1 aromatic rings. The number of aliphatic hydroxyl groups is 1. The van der Waals surface area contributed by atoms with Crippen molar-refractivity contribution in [2.24, 2.45) is 10.9 Å². The highest BCUT2D eigenvalue weighted by Gasteiger charge is 2.43. The molecule has 140 valence electrons. The normalized spacial score (nSPS) is 21.7. The lowest BCUT2D eigenvalue weighted by Crippen LogP contribution is -2.47. The van der Waals surface area contributed by atoms with E-state index >= 15 is 0 Å². The number of hydrogen-bond donors (Lipinski definition) is 2. The average molecular weight is 358 g/mol. The van der Waals surface area contributed by atoms with Gasteiger partial charge < -0.3 is 19.9 Å². The number of ether oxygens (including phenoxy) is 2. The highest BCUT2D eigenvalue weighted by Crippen LogP contribution is 2.30. The minimum Gasteiger partial charge on any atom is -0.494 e. The summed E-state index contributed by atoms with van der Waals surface area (Å²) in [7, 11) is 0. The Hall–Kier alpha value is -2.34. The lowest BCUT2D eigenvalue weighted by molar-refractivity contribution is -0.126. The first-order valence-corrected chi connectivity index (χ1v) is 9.13. The van der Waals surface area contributed by atoms with Crippen LogP contribution in [0.25, 0.3) is 0 Å². The lowest BCUT2D eigenvalue weighted by Gasteiger charge is -2.21. The predicted molar refractivity (Wildman–Crippen MR) is 99.4 cm³/mol. The molecule has 1 saturated carbocycles. The third-order valence-electron chi connectivity index (χ3n) is 4.59. The number of aliphatic imine (C=N–C) groups is 1. The summed E-state index contributed by atoms with van der Waals surface area (Å²) >= 11 is 0. The van der Waals surface area contributed by atoms with E-state index in [4.69, 9.17) is 14.6 Å². The van der Waals surface area contributed by atoms with Gasteiger partial charge in [0.25, 0.3) is 5.91 Å². The molecule has 1 aliphatic carbocycles. The predicted octanol–water partition coefficient (Wildman–Crippen LogP) is 2.07. The molecule has 1 aliphatic heterocycles. The molecule has 0 unspecified atom stereocenters. The van der Waals surface area contributed by atoms with E-state index < -0.39 is 5.54 Å². The maximum atomic E-state index is 12.7. The third kappa shape index (κ3) is 4.43. The fourth-order valence-corrected chi connectivity index (χ4v) is 2.82. The van der Waals surface area contributed by atoms with E-state index in [9.17, 15) is 4.79 Å². The maximum absolute atomic E-state index is 12.7. The van der Waals surface area contributed by atoms with Crippen LogP contribution in [0.4, 0.5) is 0 Å². The zero-order valence-electron chi connectivity index (χ0n) is 14.9. The van der Waals surface area contributed by atoms with E-state index in [0.717, 1.165) is 11.3 Å². The molecule has 0 spiro atoms. The minimum absolute atomic E-state index is 0.0942. The molecule has 0 saturated heterocycles. The van der Waals surface area contributed by atoms with Crippen LogP contribution in [-0.2, 0) is 9.53 Å². The van der Waals surface area contributed by atoms with E-state index in [1.807, 2.05) is 24.3 Å². The summed E-state index contributed by atoms with van der Waals surface area (Å²) in [5.74, 6) is 1.71. The summed E-state index contributed by atoms with van der Waals surface area (Å²) in [6, 6.07) is 7.39. The lowest BCUT2D eigenvalue weighted by atomic mass is 9.96. The molecular formula is C20H26N2O4. The van der Waals surface area contributed by atoms with Gasteiger partial charge in [-0.1, -0.05) is 6.08 Å². The van der Waals surface area contributed by atoms with E-state index in [0.29, 0.717) is 37.8 Å². The first-order valence-electron chi connectivity index (χ1n) is 9.13. The summed E-state index contributed by atoms with van der Waals surface area (Å²) in [4.78, 5) is 17.3. The first kappa shape index (κ1) is 18.5. The summed E-state index contributed by atoms with van der Waals surface area (Å²) in [6.45, 7) is 5.27. The van der Waals surface area contributed by atoms with Gasteiger partial charge in [-0.3, -0.25) is 4.79 Å². The van der Waals surface area contributed by atoms with Crippen LogP contribution < -0.4 is 10.1 Å². The van der Waals surface area contributed by atoms with Gasteiger partial charge in [-0.15, -0.1) is 6.58 Å². The van der Waals surface area contributed by atoms with E-state index in [1.165, 1.54) is 12.8 Å². The van der Waals surface area contributed by atoms with E-state index in [1.54, 1.807) is 6.08 Å². The second kappa shape index (κ2) is 8.36. The Balaban J connectivity index is 1.68. The SMILES string of the molecule is C=CC[C@]1(C(=O)NCC2CC2)COC(c2ccc(OCCCO)cc2)=N1. The topological polar surface area (TPSA) is 80.2 Å². The van der Waals surface area contributed by atoms with Crippen LogP contribution >= 0.6 is 0 Å². The zero-order valence-corrected chi connectivity index (χ0v) is 14.9. The number of nitrogens with zero attached hydrogens (tertiary/aromatic N) is 1. The van der Waals surface area contributed by atoms with Crippen molar-refractivity contribution in [3.05, 3.63) is 42.5 Å². The molecule has 0 radical (unpaired) electrons. The maximum Gasteiger partial charge on any atom is 0.251 e. The van der Waals surface area contributed by atoms with Gasteiger partial charge in [0.1, 0.15) is 12.4 Å². The molecule has 2 aliphatic rings. The Morgan fingerprint density at radius 1 is 1.42 bits per heavy atom. The quantitative estimate of drug-likeness (QED) is 0.496. The van der Waals surface area contributed by atoms with Crippen LogP contribution in [0.15, 0.2) is 41.9 Å². The minimum atomic E-state index is -0.928. The Morgan fingerprint density at radius 3 is 2.85 bits per heavy atom. The first-order chi connectivity index (χ1) is 12.7. The smallest absolute Gasteiger partial charge is 0.251 e. The summed E-state index contributed by atoms with van der Waals surface area (Å²) in [5, 5.41) is 11.8.